The molecule has 18 heavy (non-hydrogen) atoms. The highest BCUT2D eigenvalue weighted by atomic mass is 15.1. The molecule has 0 atom stereocenters. The van der Waals surface area contributed by atoms with E-state index in [0.29, 0.717) is 5.82 Å². The summed E-state index contributed by atoms with van der Waals surface area (Å²) in [6.07, 6.45) is 5.36. The topological polar surface area (TPSA) is 81.6 Å². The van der Waals surface area contributed by atoms with Gasteiger partial charge in [-0.3, -0.25) is 0 Å². The molecular weight excluding hydrogens is 228 g/mol. The van der Waals surface area contributed by atoms with E-state index in [1.165, 1.54) is 0 Å². The van der Waals surface area contributed by atoms with Crippen molar-refractivity contribution in [1.29, 1.82) is 0 Å². The zero-order valence-electron chi connectivity index (χ0n) is 10.7. The van der Waals surface area contributed by atoms with E-state index in [0.717, 1.165) is 36.9 Å². The van der Waals surface area contributed by atoms with Crippen LogP contribution in [0, 0.1) is 0 Å². The van der Waals surface area contributed by atoms with E-state index < -0.39 is 0 Å². The molecule has 0 aliphatic rings. The molecule has 2 aromatic rings. The predicted octanol–water partition coefficient (Wildman–Crippen LogP) is 1.01. The summed E-state index contributed by atoms with van der Waals surface area (Å²) in [7, 11) is 1.99. The van der Waals surface area contributed by atoms with E-state index in [2.05, 4.69) is 20.3 Å². The van der Waals surface area contributed by atoms with E-state index in [1.54, 1.807) is 12.3 Å². The van der Waals surface area contributed by atoms with E-state index in [4.69, 9.17) is 5.73 Å². The van der Waals surface area contributed by atoms with Crippen molar-refractivity contribution in [2.24, 2.45) is 7.05 Å². The van der Waals surface area contributed by atoms with Crippen LogP contribution in [-0.4, -0.2) is 26.1 Å². The summed E-state index contributed by atoms with van der Waals surface area (Å²) < 4.78 is 2.01. The number of nitrogen functional groups attached to an aromatic ring is 1. The quantitative estimate of drug-likeness (QED) is 0.822. The number of anilines is 2. The van der Waals surface area contributed by atoms with Gasteiger partial charge in [0.2, 0.25) is 0 Å². The molecule has 3 N–H and O–H groups in total. The summed E-state index contributed by atoms with van der Waals surface area (Å²) in [6.45, 7) is 2.77. The highest BCUT2D eigenvalue weighted by Gasteiger charge is 2.02. The Hall–Kier alpha value is -2.11. The number of rotatable bonds is 5. The molecular formula is C12H18N6. The fraction of sp³-hybridized carbons (Fsp3) is 0.417. The average molecular weight is 246 g/mol. The van der Waals surface area contributed by atoms with Crippen LogP contribution in [0.15, 0.2) is 18.5 Å². The number of nitrogens with one attached hydrogen (secondary N) is 1. The largest absolute Gasteiger partial charge is 0.384 e. The van der Waals surface area contributed by atoms with Crippen LogP contribution in [-0.2, 0) is 19.9 Å². The Morgan fingerprint density at radius 2 is 2.22 bits per heavy atom. The third kappa shape index (κ3) is 2.97. The molecule has 0 spiro atoms. The summed E-state index contributed by atoms with van der Waals surface area (Å²) >= 11 is 0. The minimum absolute atomic E-state index is 0.501. The first-order chi connectivity index (χ1) is 8.69. The summed E-state index contributed by atoms with van der Waals surface area (Å²) in [6, 6.07) is 1.75. The highest BCUT2D eigenvalue weighted by molar-refractivity contribution is 5.44. The third-order valence-corrected chi connectivity index (χ3v) is 2.68. The Morgan fingerprint density at radius 1 is 1.39 bits per heavy atom. The maximum absolute atomic E-state index is 5.72. The first-order valence-corrected chi connectivity index (χ1v) is 6.02. The van der Waals surface area contributed by atoms with Crippen molar-refractivity contribution in [2.75, 3.05) is 17.6 Å². The molecule has 0 saturated heterocycles. The second-order valence-corrected chi connectivity index (χ2v) is 4.08. The van der Waals surface area contributed by atoms with Crippen LogP contribution >= 0.6 is 0 Å². The van der Waals surface area contributed by atoms with Crippen LogP contribution in [0.3, 0.4) is 0 Å². The molecule has 0 unspecified atom stereocenters. The Balaban J connectivity index is 1.94. The number of nitrogens with two attached hydrogens (primary N) is 1. The van der Waals surface area contributed by atoms with Gasteiger partial charge in [0.1, 0.15) is 23.3 Å². The monoisotopic (exact) mass is 246 g/mol. The molecule has 6 heteroatoms. The Labute approximate surface area is 106 Å². The zero-order chi connectivity index (χ0) is 13.0. The molecule has 0 aromatic carbocycles. The van der Waals surface area contributed by atoms with Gasteiger partial charge in [0.15, 0.2) is 0 Å². The maximum atomic E-state index is 5.72. The first kappa shape index (κ1) is 12.3. The normalized spacial score (nSPS) is 10.6. The lowest BCUT2D eigenvalue weighted by Crippen LogP contribution is -2.11. The van der Waals surface area contributed by atoms with E-state index in [1.807, 2.05) is 24.7 Å². The van der Waals surface area contributed by atoms with E-state index in [9.17, 15) is 0 Å². The molecule has 0 aliphatic carbocycles. The second-order valence-electron chi connectivity index (χ2n) is 4.08. The van der Waals surface area contributed by atoms with Crippen molar-refractivity contribution < 1.29 is 0 Å². The third-order valence-electron chi connectivity index (χ3n) is 2.68. The molecule has 2 rings (SSSR count). The standard InChI is InChI=1S/C12H18N6/c1-3-10-16-9(13)8-11(17-10)14-5-4-12-15-6-7-18(12)2/h6-8H,3-5H2,1-2H3,(H3,13,14,16,17). The van der Waals surface area contributed by atoms with Crippen LogP contribution in [0.5, 0.6) is 0 Å². The predicted molar refractivity (Wildman–Crippen MR) is 71.2 cm³/mol. The molecule has 0 bridgehead atoms. The number of hydrogen-bond donors (Lipinski definition) is 2. The Bertz CT molecular complexity index is 519. The lowest BCUT2D eigenvalue weighted by atomic mass is 10.4. The summed E-state index contributed by atoms with van der Waals surface area (Å²) in [4.78, 5) is 12.8. The highest BCUT2D eigenvalue weighted by Crippen LogP contribution is 2.08. The second kappa shape index (κ2) is 5.48. The minimum atomic E-state index is 0.501. The number of hydrogen-bond acceptors (Lipinski definition) is 5. The molecule has 6 nitrogen and oxygen atoms in total. The fourth-order valence-electron chi connectivity index (χ4n) is 1.71. The molecule has 0 radical (unpaired) electrons. The smallest absolute Gasteiger partial charge is 0.132 e. The molecule has 0 saturated carbocycles. The molecule has 2 aromatic heterocycles. The van der Waals surface area contributed by atoms with Crippen molar-refractivity contribution in [2.45, 2.75) is 19.8 Å². The van der Waals surface area contributed by atoms with Gasteiger partial charge in [0.05, 0.1) is 0 Å². The van der Waals surface area contributed by atoms with Gasteiger partial charge in [-0.2, -0.15) is 0 Å². The van der Waals surface area contributed by atoms with Crippen molar-refractivity contribution in [3.63, 3.8) is 0 Å². The number of aromatic nitrogens is 4. The van der Waals surface area contributed by atoms with Gasteiger partial charge in [0, 0.05) is 44.9 Å². The summed E-state index contributed by atoms with van der Waals surface area (Å²) in [5.41, 5.74) is 5.72. The number of nitrogens with zero attached hydrogens (tertiary/aromatic N) is 4. The van der Waals surface area contributed by atoms with Crippen LogP contribution in [0.25, 0.3) is 0 Å². The van der Waals surface area contributed by atoms with Crippen molar-refractivity contribution in [3.8, 4) is 0 Å². The van der Waals surface area contributed by atoms with Gasteiger partial charge in [0.25, 0.3) is 0 Å². The first-order valence-electron chi connectivity index (χ1n) is 6.02. The Morgan fingerprint density at radius 3 is 2.89 bits per heavy atom. The average Bonchev–Trinajstić information content (AvgIpc) is 2.74. The molecule has 96 valence electrons. The number of aryl methyl sites for hydroxylation is 2. The van der Waals surface area contributed by atoms with Crippen LogP contribution in [0.1, 0.15) is 18.6 Å². The summed E-state index contributed by atoms with van der Waals surface area (Å²) in [5.74, 6) is 3.07. The zero-order valence-corrected chi connectivity index (χ0v) is 10.7. The SMILES string of the molecule is CCc1nc(N)cc(NCCc2nccn2C)n1. The Kier molecular flexibility index (Phi) is 3.76. The van der Waals surface area contributed by atoms with Crippen molar-refractivity contribution in [3.05, 3.63) is 30.1 Å². The van der Waals surface area contributed by atoms with Gasteiger partial charge in [-0.15, -0.1) is 0 Å². The lowest BCUT2D eigenvalue weighted by molar-refractivity contribution is 0.787. The van der Waals surface area contributed by atoms with Crippen LogP contribution in [0.2, 0.25) is 0 Å². The van der Waals surface area contributed by atoms with Crippen molar-refractivity contribution in [1.82, 2.24) is 19.5 Å². The summed E-state index contributed by atoms with van der Waals surface area (Å²) in [5, 5.41) is 3.24. The molecule has 0 fully saturated rings. The maximum Gasteiger partial charge on any atom is 0.132 e. The van der Waals surface area contributed by atoms with Crippen LogP contribution in [0.4, 0.5) is 11.6 Å². The molecule has 0 aliphatic heterocycles. The van der Waals surface area contributed by atoms with Gasteiger partial charge in [-0.1, -0.05) is 6.92 Å². The van der Waals surface area contributed by atoms with Gasteiger partial charge >= 0.3 is 0 Å². The van der Waals surface area contributed by atoms with Gasteiger partial charge < -0.3 is 15.6 Å². The fourth-order valence-corrected chi connectivity index (χ4v) is 1.71. The van der Waals surface area contributed by atoms with Crippen molar-refractivity contribution >= 4 is 11.6 Å². The van der Waals surface area contributed by atoms with Gasteiger partial charge in [-0.25, -0.2) is 15.0 Å². The molecule has 2 heterocycles. The number of imidazole rings is 1. The van der Waals surface area contributed by atoms with E-state index >= 15 is 0 Å². The van der Waals surface area contributed by atoms with E-state index in [-0.39, 0.29) is 0 Å². The lowest BCUT2D eigenvalue weighted by Gasteiger charge is -2.07. The van der Waals surface area contributed by atoms with Gasteiger partial charge in [-0.05, 0) is 0 Å². The molecule has 0 amide bonds. The minimum Gasteiger partial charge on any atom is -0.384 e. The van der Waals surface area contributed by atoms with Crippen LogP contribution < -0.4 is 11.1 Å².